The number of morpholine rings is 1. The molecular formula is C19H25N3O2. The molecule has 0 radical (unpaired) electrons. The summed E-state index contributed by atoms with van der Waals surface area (Å²) < 4.78 is 7.52. The Morgan fingerprint density at radius 3 is 2.58 bits per heavy atom. The maximum Gasteiger partial charge on any atom is 0.227 e. The molecule has 0 N–H and O–H groups in total. The molecule has 1 aromatic heterocycles. The Balaban J connectivity index is 1.70. The van der Waals surface area contributed by atoms with Gasteiger partial charge in [-0.3, -0.25) is 4.79 Å². The van der Waals surface area contributed by atoms with Gasteiger partial charge >= 0.3 is 0 Å². The third-order valence-electron chi connectivity index (χ3n) is 4.47. The smallest absolute Gasteiger partial charge is 0.227 e. The summed E-state index contributed by atoms with van der Waals surface area (Å²) in [4.78, 5) is 14.5. The molecule has 5 heteroatoms. The molecule has 24 heavy (non-hydrogen) atoms. The molecule has 128 valence electrons. The number of amides is 1. The van der Waals surface area contributed by atoms with Gasteiger partial charge in [-0.15, -0.1) is 0 Å². The Labute approximate surface area is 143 Å². The Hall–Kier alpha value is -2.14. The van der Waals surface area contributed by atoms with Crippen molar-refractivity contribution in [1.82, 2.24) is 14.7 Å². The van der Waals surface area contributed by atoms with Gasteiger partial charge in [-0.1, -0.05) is 12.1 Å². The van der Waals surface area contributed by atoms with Crippen molar-refractivity contribution in [3.05, 3.63) is 47.3 Å². The van der Waals surface area contributed by atoms with Crippen LogP contribution in [0, 0.1) is 13.8 Å². The Bertz CT molecular complexity index is 721. The van der Waals surface area contributed by atoms with Crippen molar-refractivity contribution in [2.45, 2.75) is 46.3 Å². The largest absolute Gasteiger partial charge is 0.375 e. The molecule has 0 saturated carbocycles. The average Bonchev–Trinajstić information content (AvgIpc) is 2.89. The molecule has 1 aliphatic heterocycles. The van der Waals surface area contributed by atoms with Crippen LogP contribution >= 0.6 is 0 Å². The highest BCUT2D eigenvalue weighted by atomic mass is 16.5. The molecule has 2 atom stereocenters. The van der Waals surface area contributed by atoms with Crippen molar-refractivity contribution in [2.24, 2.45) is 0 Å². The molecular weight excluding hydrogens is 302 g/mol. The van der Waals surface area contributed by atoms with Crippen molar-refractivity contribution < 1.29 is 9.53 Å². The van der Waals surface area contributed by atoms with E-state index < -0.39 is 0 Å². The van der Waals surface area contributed by atoms with Gasteiger partial charge in [0.2, 0.25) is 5.91 Å². The van der Waals surface area contributed by atoms with Crippen LogP contribution in [0.5, 0.6) is 0 Å². The number of hydrogen-bond donors (Lipinski definition) is 0. The Morgan fingerprint density at radius 2 is 1.96 bits per heavy atom. The zero-order valence-electron chi connectivity index (χ0n) is 14.8. The van der Waals surface area contributed by atoms with Crippen LogP contribution in [0.3, 0.4) is 0 Å². The zero-order chi connectivity index (χ0) is 17.3. The minimum Gasteiger partial charge on any atom is -0.375 e. The number of ether oxygens (including phenoxy) is 1. The van der Waals surface area contributed by atoms with Gasteiger partial charge in [0.1, 0.15) is 0 Å². The standard InChI is InChI=1S/C19H25N3O2/c1-13-9-14(2)22(20-13)18-7-5-17(6-8-18)10-19(23)21-11-16(4)24-12-15(21)3/h5-9,15-16H,10-12H2,1-4H3/t15-,16-/m1/s1. The summed E-state index contributed by atoms with van der Waals surface area (Å²) in [5.41, 5.74) is 4.15. The van der Waals surface area contributed by atoms with E-state index in [1.807, 2.05) is 61.5 Å². The Kier molecular flexibility index (Phi) is 4.71. The van der Waals surface area contributed by atoms with E-state index in [1.54, 1.807) is 0 Å². The second-order valence-corrected chi connectivity index (χ2v) is 6.72. The summed E-state index contributed by atoms with van der Waals surface area (Å²) in [5, 5.41) is 4.49. The summed E-state index contributed by atoms with van der Waals surface area (Å²) >= 11 is 0. The SMILES string of the molecule is Cc1cc(C)n(-c2ccc(CC(=O)N3C[C@@H](C)OC[C@H]3C)cc2)n1. The van der Waals surface area contributed by atoms with Gasteiger partial charge in [0, 0.05) is 12.2 Å². The second kappa shape index (κ2) is 6.77. The molecule has 0 unspecified atom stereocenters. The number of carbonyl (C=O) groups is 1. The van der Waals surface area contributed by atoms with E-state index in [0.29, 0.717) is 19.6 Å². The zero-order valence-corrected chi connectivity index (χ0v) is 14.8. The second-order valence-electron chi connectivity index (χ2n) is 6.72. The first-order valence-electron chi connectivity index (χ1n) is 8.47. The lowest BCUT2D eigenvalue weighted by Gasteiger charge is -2.37. The fourth-order valence-electron chi connectivity index (χ4n) is 3.17. The fraction of sp³-hybridized carbons (Fsp3) is 0.474. The quantitative estimate of drug-likeness (QED) is 0.871. The van der Waals surface area contributed by atoms with Crippen molar-refractivity contribution in [2.75, 3.05) is 13.2 Å². The van der Waals surface area contributed by atoms with E-state index in [1.165, 1.54) is 0 Å². The van der Waals surface area contributed by atoms with Crippen LogP contribution in [-0.4, -0.2) is 45.9 Å². The molecule has 1 aromatic carbocycles. The highest BCUT2D eigenvalue weighted by Gasteiger charge is 2.27. The molecule has 1 amide bonds. The van der Waals surface area contributed by atoms with Gasteiger partial charge in [0.15, 0.2) is 0 Å². The fourth-order valence-corrected chi connectivity index (χ4v) is 3.17. The minimum absolute atomic E-state index is 0.110. The lowest BCUT2D eigenvalue weighted by atomic mass is 10.1. The molecule has 2 aromatic rings. The highest BCUT2D eigenvalue weighted by Crippen LogP contribution is 2.16. The van der Waals surface area contributed by atoms with E-state index in [0.717, 1.165) is 22.6 Å². The van der Waals surface area contributed by atoms with Crippen LogP contribution in [0.1, 0.15) is 30.8 Å². The number of rotatable bonds is 3. The van der Waals surface area contributed by atoms with E-state index in [-0.39, 0.29) is 18.1 Å². The van der Waals surface area contributed by atoms with E-state index >= 15 is 0 Å². The molecule has 0 bridgehead atoms. The molecule has 2 heterocycles. The number of carbonyl (C=O) groups excluding carboxylic acids is 1. The highest BCUT2D eigenvalue weighted by molar-refractivity contribution is 5.79. The maximum absolute atomic E-state index is 12.6. The van der Waals surface area contributed by atoms with E-state index in [2.05, 4.69) is 11.2 Å². The van der Waals surface area contributed by atoms with Crippen LogP contribution in [0.2, 0.25) is 0 Å². The molecule has 5 nitrogen and oxygen atoms in total. The molecule has 1 saturated heterocycles. The average molecular weight is 327 g/mol. The molecule has 3 rings (SSSR count). The molecule has 1 aliphatic rings. The predicted molar refractivity (Wildman–Crippen MR) is 93.3 cm³/mol. The van der Waals surface area contributed by atoms with Crippen LogP contribution in [0.4, 0.5) is 0 Å². The molecule has 0 aliphatic carbocycles. The van der Waals surface area contributed by atoms with Crippen molar-refractivity contribution in [1.29, 1.82) is 0 Å². The Morgan fingerprint density at radius 1 is 1.25 bits per heavy atom. The van der Waals surface area contributed by atoms with E-state index in [4.69, 9.17) is 4.74 Å². The predicted octanol–water partition coefficient (Wildman–Crippen LogP) is 2.67. The summed E-state index contributed by atoms with van der Waals surface area (Å²) in [6.07, 6.45) is 0.535. The summed E-state index contributed by atoms with van der Waals surface area (Å²) in [6.45, 7) is 9.36. The summed E-state index contributed by atoms with van der Waals surface area (Å²) in [7, 11) is 0. The van der Waals surface area contributed by atoms with Gasteiger partial charge in [-0.2, -0.15) is 5.10 Å². The van der Waals surface area contributed by atoms with Gasteiger partial charge in [0.05, 0.1) is 36.6 Å². The molecule has 0 spiro atoms. The number of aryl methyl sites for hydroxylation is 2. The van der Waals surface area contributed by atoms with Gasteiger partial charge in [0.25, 0.3) is 0 Å². The van der Waals surface area contributed by atoms with Crippen molar-refractivity contribution >= 4 is 5.91 Å². The monoisotopic (exact) mass is 327 g/mol. The number of benzene rings is 1. The number of aromatic nitrogens is 2. The van der Waals surface area contributed by atoms with Crippen LogP contribution in [0.15, 0.2) is 30.3 Å². The third-order valence-corrected chi connectivity index (χ3v) is 4.47. The third kappa shape index (κ3) is 3.51. The summed E-state index contributed by atoms with van der Waals surface area (Å²) in [6, 6.07) is 10.3. The first-order valence-corrected chi connectivity index (χ1v) is 8.47. The lowest BCUT2D eigenvalue weighted by Crippen LogP contribution is -2.50. The molecule has 1 fully saturated rings. The van der Waals surface area contributed by atoms with E-state index in [9.17, 15) is 4.79 Å². The van der Waals surface area contributed by atoms with Gasteiger partial charge in [-0.05, 0) is 51.5 Å². The maximum atomic E-state index is 12.6. The van der Waals surface area contributed by atoms with Crippen molar-refractivity contribution in [3.8, 4) is 5.69 Å². The summed E-state index contributed by atoms with van der Waals surface area (Å²) in [5.74, 6) is 0.163. The van der Waals surface area contributed by atoms with Crippen LogP contribution in [-0.2, 0) is 16.0 Å². The first-order chi connectivity index (χ1) is 11.4. The first kappa shape index (κ1) is 16.7. The van der Waals surface area contributed by atoms with Gasteiger partial charge < -0.3 is 9.64 Å². The number of nitrogens with zero attached hydrogens (tertiary/aromatic N) is 3. The number of hydrogen-bond acceptors (Lipinski definition) is 3. The van der Waals surface area contributed by atoms with Gasteiger partial charge in [-0.25, -0.2) is 4.68 Å². The topological polar surface area (TPSA) is 47.4 Å². The minimum atomic E-state index is 0.110. The normalized spacial score (nSPS) is 21.1. The van der Waals surface area contributed by atoms with Crippen LogP contribution in [0.25, 0.3) is 5.69 Å². The lowest BCUT2D eigenvalue weighted by molar-refractivity contribution is -0.142. The van der Waals surface area contributed by atoms with Crippen LogP contribution < -0.4 is 0 Å². The van der Waals surface area contributed by atoms with Crippen molar-refractivity contribution in [3.63, 3.8) is 0 Å².